The molecule has 1 aliphatic rings. The van der Waals surface area contributed by atoms with Crippen molar-refractivity contribution in [3.8, 4) is 11.4 Å². The van der Waals surface area contributed by atoms with E-state index >= 15 is 0 Å². The normalized spacial score (nSPS) is 14.1. The summed E-state index contributed by atoms with van der Waals surface area (Å²) in [4.78, 5) is 4.46. The van der Waals surface area contributed by atoms with E-state index < -0.39 is 0 Å². The highest BCUT2D eigenvalue weighted by Crippen LogP contribution is 2.28. The van der Waals surface area contributed by atoms with Gasteiger partial charge in [0.15, 0.2) is 5.65 Å². The van der Waals surface area contributed by atoms with Crippen LogP contribution < -0.4 is 5.32 Å². The summed E-state index contributed by atoms with van der Waals surface area (Å²) < 4.78 is 16.6. The second kappa shape index (κ2) is 7.50. The summed E-state index contributed by atoms with van der Waals surface area (Å²) in [6, 6.07) is 7.12. The van der Waals surface area contributed by atoms with Gasteiger partial charge in [0.05, 0.1) is 17.4 Å². The molecule has 0 amide bonds. The predicted octanol–water partition coefficient (Wildman–Crippen LogP) is 3.89. The largest absolute Gasteiger partial charge is 0.313 e. The van der Waals surface area contributed by atoms with Crippen molar-refractivity contribution in [1.82, 2.24) is 30.1 Å². The summed E-state index contributed by atoms with van der Waals surface area (Å²) in [6.45, 7) is 5.60. The zero-order chi connectivity index (χ0) is 19.3. The predicted molar refractivity (Wildman–Crippen MR) is 114 cm³/mol. The van der Waals surface area contributed by atoms with Crippen molar-refractivity contribution in [1.29, 1.82) is 0 Å². The van der Waals surface area contributed by atoms with Crippen LogP contribution in [0, 0.1) is 19.7 Å². The van der Waals surface area contributed by atoms with Crippen molar-refractivity contribution >= 4 is 34.5 Å². The molecule has 0 unspecified atom stereocenters. The van der Waals surface area contributed by atoms with Gasteiger partial charge in [-0.05, 0) is 67.8 Å². The lowest BCUT2D eigenvalue weighted by atomic mass is 9.98. The fourth-order valence-corrected chi connectivity index (χ4v) is 3.67. The van der Waals surface area contributed by atoms with E-state index in [0.29, 0.717) is 22.3 Å². The van der Waals surface area contributed by atoms with Crippen molar-refractivity contribution < 1.29 is 4.39 Å². The second-order valence-electron chi connectivity index (χ2n) is 7.17. The quantitative estimate of drug-likeness (QED) is 0.543. The number of fused-ring (bicyclic) bond motifs is 2. The Balaban J connectivity index is 0.00000205. The topological polar surface area (TPSA) is 68.0 Å². The van der Waals surface area contributed by atoms with Gasteiger partial charge in [0.25, 0.3) is 0 Å². The lowest BCUT2D eigenvalue weighted by molar-refractivity contribution is 0.638. The van der Waals surface area contributed by atoms with E-state index in [9.17, 15) is 4.39 Å². The minimum absolute atomic E-state index is 0. The first kappa shape index (κ1) is 19.4. The number of halogens is 2. The maximum atomic E-state index is 14.9. The Morgan fingerprint density at radius 1 is 1.07 bits per heavy atom. The number of aryl methyl sites for hydroxylation is 2. The Bertz CT molecular complexity index is 1260. The van der Waals surface area contributed by atoms with E-state index in [0.717, 1.165) is 47.6 Å². The highest BCUT2D eigenvalue weighted by molar-refractivity contribution is 5.86. The molecular formula is C21H20ClFN6. The Morgan fingerprint density at radius 2 is 1.93 bits per heavy atom. The van der Waals surface area contributed by atoms with Gasteiger partial charge < -0.3 is 5.32 Å². The van der Waals surface area contributed by atoms with Crippen LogP contribution in [-0.2, 0) is 0 Å². The van der Waals surface area contributed by atoms with Crippen molar-refractivity contribution in [3.05, 3.63) is 59.2 Å². The zero-order valence-electron chi connectivity index (χ0n) is 16.1. The van der Waals surface area contributed by atoms with Crippen molar-refractivity contribution in [2.45, 2.75) is 20.3 Å². The molecule has 8 heteroatoms. The van der Waals surface area contributed by atoms with Gasteiger partial charge in [-0.2, -0.15) is 5.10 Å². The minimum atomic E-state index is -0.292. The molecule has 0 aliphatic carbocycles. The number of nitrogens with one attached hydrogen (secondary N) is 1. The van der Waals surface area contributed by atoms with Gasteiger partial charge in [-0.25, -0.2) is 13.9 Å². The number of aromatic nitrogens is 5. The molecule has 1 N–H and O–H groups in total. The molecule has 0 radical (unpaired) electrons. The first-order chi connectivity index (χ1) is 13.6. The molecule has 0 atom stereocenters. The van der Waals surface area contributed by atoms with Crippen LogP contribution in [0.4, 0.5) is 4.39 Å². The van der Waals surface area contributed by atoms with Crippen LogP contribution in [0.25, 0.3) is 33.5 Å². The van der Waals surface area contributed by atoms with Crippen LogP contribution in [0.5, 0.6) is 0 Å². The van der Waals surface area contributed by atoms with Gasteiger partial charge in [-0.1, -0.05) is 6.08 Å². The van der Waals surface area contributed by atoms with Gasteiger partial charge in [0.1, 0.15) is 17.2 Å². The summed E-state index contributed by atoms with van der Waals surface area (Å²) in [5.41, 5.74) is 6.42. The molecule has 0 spiro atoms. The van der Waals surface area contributed by atoms with Crippen molar-refractivity contribution in [3.63, 3.8) is 0 Å². The Kier molecular flexibility index (Phi) is 5.02. The average molecular weight is 411 g/mol. The minimum Gasteiger partial charge on any atom is -0.313 e. The third-order valence-corrected chi connectivity index (χ3v) is 5.08. The summed E-state index contributed by atoms with van der Waals surface area (Å²) in [5, 5.41) is 16.9. The van der Waals surface area contributed by atoms with Gasteiger partial charge in [-0.3, -0.25) is 0 Å². The molecule has 4 heterocycles. The summed E-state index contributed by atoms with van der Waals surface area (Å²) in [7, 11) is 0. The third-order valence-electron chi connectivity index (χ3n) is 5.08. The van der Waals surface area contributed by atoms with Crippen LogP contribution >= 0.6 is 12.4 Å². The Hall–Kier alpha value is -2.90. The molecule has 1 aromatic carbocycles. The van der Waals surface area contributed by atoms with E-state index in [-0.39, 0.29) is 18.2 Å². The number of imidazole rings is 1. The summed E-state index contributed by atoms with van der Waals surface area (Å²) >= 11 is 0. The van der Waals surface area contributed by atoms with Gasteiger partial charge in [0, 0.05) is 11.9 Å². The average Bonchev–Trinajstić information content (AvgIpc) is 3.09. The molecule has 1 aliphatic heterocycles. The van der Waals surface area contributed by atoms with E-state index in [2.05, 4.69) is 31.7 Å². The van der Waals surface area contributed by atoms with E-state index in [1.165, 1.54) is 0 Å². The first-order valence-electron chi connectivity index (χ1n) is 9.29. The highest BCUT2D eigenvalue weighted by atomic mass is 35.5. The number of hydrogen-bond donors (Lipinski definition) is 1. The van der Waals surface area contributed by atoms with Crippen LogP contribution in [0.2, 0.25) is 0 Å². The first-order valence-corrected chi connectivity index (χ1v) is 9.29. The van der Waals surface area contributed by atoms with Gasteiger partial charge in [-0.15, -0.1) is 22.6 Å². The van der Waals surface area contributed by atoms with Crippen molar-refractivity contribution in [2.24, 2.45) is 0 Å². The maximum Gasteiger partial charge on any atom is 0.156 e. The van der Waals surface area contributed by atoms with Crippen LogP contribution in [0.15, 0.2) is 36.5 Å². The molecular weight excluding hydrogens is 391 g/mol. The number of rotatable bonds is 2. The molecule has 0 fully saturated rings. The fraction of sp³-hybridized carbons (Fsp3) is 0.238. The van der Waals surface area contributed by atoms with E-state index in [1.807, 2.05) is 32.2 Å². The zero-order valence-corrected chi connectivity index (χ0v) is 16.9. The molecule has 0 bridgehead atoms. The molecule has 0 saturated carbocycles. The van der Waals surface area contributed by atoms with E-state index in [1.54, 1.807) is 16.6 Å². The van der Waals surface area contributed by atoms with Gasteiger partial charge in [0.2, 0.25) is 0 Å². The number of hydrogen-bond acceptors (Lipinski definition) is 5. The third kappa shape index (κ3) is 3.47. The molecule has 5 rings (SSSR count). The molecule has 6 nitrogen and oxygen atoms in total. The SMILES string of the molecule is Cc1cn2nc(-c3cc4c(F)cc(C5=CCNCC5)cc4nn3)cc(C)c2n1.Cl. The van der Waals surface area contributed by atoms with Crippen LogP contribution in [0.1, 0.15) is 23.2 Å². The lowest BCUT2D eigenvalue weighted by Gasteiger charge is -2.15. The van der Waals surface area contributed by atoms with Crippen LogP contribution in [0.3, 0.4) is 0 Å². The summed E-state index contributed by atoms with van der Waals surface area (Å²) in [5.74, 6) is -0.292. The Morgan fingerprint density at radius 3 is 2.72 bits per heavy atom. The van der Waals surface area contributed by atoms with Gasteiger partial charge >= 0.3 is 0 Å². The maximum absolute atomic E-state index is 14.9. The molecule has 29 heavy (non-hydrogen) atoms. The smallest absolute Gasteiger partial charge is 0.156 e. The lowest BCUT2D eigenvalue weighted by Crippen LogP contribution is -2.20. The molecule has 3 aromatic heterocycles. The second-order valence-corrected chi connectivity index (χ2v) is 7.17. The number of benzene rings is 1. The molecule has 148 valence electrons. The standard InChI is InChI=1S/C21H19FN6.ClH/c1-12-7-20(27-28-11-13(2)24-21(12)28)19-10-16-17(22)8-15(9-18(16)25-26-19)14-3-5-23-6-4-14;/h3,7-11,23H,4-6H2,1-2H3;1H. The monoisotopic (exact) mass is 410 g/mol. The Labute approximate surface area is 173 Å². The summed E-state index contributed by atoms with van der Waals surface area (Å²) in [6.07, 6.45) is 4.84. The molecule has 0 saturated heterocycles. The van der Waals surface area contributed by atoms with Crippen LogP contribution in [-0.4, -0.2) is 37.9 Å². The number of nitrogens with zero attached hydrogens (tertiary/aromatic N) is 5. The fourth-order valence-electron chi connectivity index (χ4n) is 3.67. The molecule has 4 aromatic rings. The van der Waals surface area contributed by atoms with Crippen molar-refractivity contribution in [2.75, 3.05) is 13.1 Å². The highest BCUT2D eigenvalue weighted by Gasteiger charge is 2.14. The van der Waals surface area contributed by atoms with E-state index in [4.69, 9.17) is 0 Å².